The van der Waals surface area contributed by atoms with Gasteiger partial charge in [0.05, 0.1) is 12.7 Å². The van der Waals surface area contributed by atoms with Crippen LogP contribution in [-0.2, 0) is 14.3 Å². The molecule has 0 amide bonds. The van der Waals surface area contributed by atoms with Crippen molar-refractivity contribution in [3.05, 3.63) is 0 Å². The Hall–Kier alpha value is -0.570. The van der Waals surface area contributed by atoms with Gasteiger partial charge in [-0.05, 0) is 13.3 Å². The van der Waals surface area contributed by atoms with Gasteiger partial charge < -0.3 is 9.47 Å². The molecule has 0 aromatic carbocycles. The summed E-state index contributed by atoms with van der Waals surface area (Å²) in [6.45, 7) is 4.56. The SMILES string of the molecule is CCCCCCCCCCCCCCCC1OC1C(=O)OCC. The van der Waals surface area contributed by atoms with E-state index in [1.807, 2.05) is 6.92 Å². The Morgan fingerprint density at radius 2 is 1.26 bits per heavy atom. The van der Waals surface area contributed by atoms with Gasteiger partial charge >= 0.3 is 5.97 Å². The predicted molar refractivity (Wildman–Crippen MR) is 95.6 cm³/mol. The Kier molecular flexibility index (Phi) is 12.3. The predicted octanol–water partition coefficient (Wildman–Crippen LogP) is 5.80. The molecule has 3 nitrogen and oxygen atoms in total. The summed E-state index contributed by atoms with van der Waals surface area (Å²) in [5.74, 6) is -0.174. The number of epoxide rings is 1. The maximum absolute atomic E-state index is 11.4. The Labute approximate surface area is 143 Å². The summed E-state index contributed by atoms with van der Waals surface area (Å²) >= 11 is 0. The number of ether oxygens (including phenoxy) is 2. The normalized spacial score (nSPS) is 19.7. The Bertz CT molecular complexity index is 291. The summed E-state index contributed by atoms with van der Waals surface area (Å²) in [6, 6.07) is 0. The fourth-order valence-electron chi connectivity index (χ4n) is 3.16. The molecule has 3 heteroatoms. The molecular weight excluding hydrogens is 288 g/mol. The first-order valence-electron chi connectivity index (χ1n) is 10.1. The lowest BCUT2D eigenvalue weighted by Crippen LogP contribution is -2.13. The zero-order valence-corrected chi connectivity index (χ0v) is 15.5. The lowest BCUT2D eigenvalue weighted by Gasteiger charge is -2.02. The Morgan fingerprint density at radius 3 is 1.74 bits per heavy atom. The van der Waals surface area contributed by atoms with Crippen molar-refractivity contribution in [1.82, 2.24) is 0 Å². The maximum Gasteiger partial charge on any atom is 0.337 e. The first kappa shape index (κ1) is 20.5. The summed E-state index contributed by atoms with van der Waals surface area (Å²) in [5.41, 5.74) is 0. The van der Waals surface area contributed by atoms with Gasteiger partial charge in [-0.15, -0.1) is 0 Å². The molecule has 1 aliphatic heterocycles. The zero-order valence-electron chi connectivity index (χ0n) is 15.5. The number of esters is 1. The highest BCUT2D eigenvalue weighted by atomic mass is 16.6. The first-order valence-corrected chi connectivity index (χ1v) is 10.1. The molecule has 0 spiro atoms. The third kappa shape index (κ3) is 10.8. The third-order valence-corrected chi connectivity index (χ3v) is 4.69. The van der Waals surface area contributed by atoms with Crippen LogP contribution in [0.25, 0.3) is 0 Å². The van der Waals surface area contributed by atoms with Gasteiger partial charge in [-0.1, -0.05) is 90.4 Å². The highest BCUT2D eigenvalue weighted by Crippen LogP contribution is 2.28. The molecular formula is C20H38O3. The van der Waals surface area contributed by atoms with Gasteiger partial charge in [-0.2, -0.15) is 0 Å². The summed E-state index contributed by atoms with van der Waals surface area (Å²) in [4.78, 5) is 11.4. The minimum atomic E-state index is -0.257. The first-order chi connectivity index (χ1) is 11.3. The van der Waals surface area contributed by atoms with E-state index in [1.165, 1.54) is 83.5 Å². The van der Waals surface area contributed by atoms with E-state index in [0.29, 0.717) is 6.61 Å². The monoisotopic (exact) mass is 326 g/mol. The molecule has 1 heterocycles. The average Bonchev–Trinajstić information content (AvgIpc) is 3.32. The summed E-state index contributed by atoms with van der Waals surface area (Å²) in [6.07, 6.45) is 18.7. The number of carbonyl (C=O) groups is 1. The van der Waals surface area contributed by atoms with Crippen molar-refractivity contribution in [3.8, 4) is 0 Å². The number of rotatable bonds is 16. The van der Waals surface area contributed by atoms with E-state index in [-0.39, 0.29) is 18.2 Å². The van der Waals surface area contributed by atoms with Crippen molar-refractivity contribution < 1.29 is 14.3 Å². The Morgan fingerprint density at radius 1 is 0.783 bits per heavy atom. The highest BCUT2D eigenvalue weighted by Gasteiger charge is 2.45. The third-order valence-electron chi connectivity index (χ3n) is 4.69. The van der Waals surface area contributed by atoms with Crippen LogP contribution in [0.15, 0.2) is 0 Å². The molecule has 0 bridgehead atoms. The molecule has 0 aromatic rings. The molecule has 0 radical (unpaired) electrons. The summed E-state index contributed by atoms with van der Waals surface area (Å²) < 4.78 is 10.3. The molecule has 1 saturated heterocycles. The maximum atomic E-state index is 11.4. The molecule has 1 aliphatic rings. The van der Waals surface area contributed by atoms with E-state index in [0.717, 1.165) is 6.42 Å². The molecule has 0 aromatic heterocycles. The number of unbranched alkanes of at least 4 members (excludes halogenated alkanes) is 12. The zero-order chi connectivity index (χ0) is 16.8. The number of hydrogen-bond donors (Lipinski definition) is 0. The van der Waals surface area contributed by atoms with Crippen LogP contribution in [0.4, 0.5) is 0 Å². The smallest absolute Gasteiger partial charge is 0.337 e. The number of hydrogen-bond acceptors (Lipinski definition) is 3. The van der Waals surface area contributed by atoms with Crippen LogP contribution in [-0.4, -0.2) is 24.8 Å². The van der Waals surface area contributed by atoms with Crippen molar-refractivity contribution in [2.45, 2.75) is 116 Å². The largest absolute Gasteiger partial charge is 0.464 e. The van der Waals surface area contributed by atoms with Crippen molar-refractivity contribution in [3.63, 3.8) is 0 Å². The molecule has 2 unspecified atom stereocenters. The van der Waals surface area contributed by atoms with E-state index < -0.39 is 0 Å². The Balaban J connectivity index is 1.73. The van der Waals surface area contributed by atoms with Gasteiger partial charge in [0, 0.05) is 0 Å². The van der Waals surface area contributed by atoms with Gasteiger partial charge in [0.25, 0.3) is 0 Å². The molecule has 1 rings (SSSR count). The highest BCUT2D eigenvalue weighted by molar-refractivity contribution is 5.77. The van der Waals surface area contributed by atoms with Gasteiger partial charge in [-0.25, -0.2) is 4.79 Å². The van der Waals surface area contributed by atoms with Crippen molar-refractivity contribution >= 4 is 5.97 Å². The molecule has 0 aliphatic carbocycles. The van der Waals surface area contributed by atoms with Crippen molar-refractivity contribution in [2.24, 2.45) is 0 Å². The van der Waals surface area contributed by atoms with E-state index >= 15 is 0 Å². The van der Waals surface area contributed by atoms with Gasteiger partial charge in [0.2, 0.25) is 0 Å². The minimum Gasteiger partial charge on any atom is -0.464 e. The molecule has 0 saturated carbocycles. The second kappa shape index (κ2) is 13.8. The van der Waals surface area contributed by atoms with Crippen LogP contribution in [0, 0.1) is 0 Å². The van der Waals surface area contributed by atoms with Crippen LogP contribution < -0.4 is 0 Å². The standard InChI is InChI=1S/C20H38O3/c1-3-5-6-7-8-9-10-11-12-13-14-15-16-17-18-19(23-18)20(21)22-4-2/h18-19H,3-17H2,1-2H3. The lowest BCUT2D eigenvalue weighted by atomic mass is 10.0. The van der Waals surface area contributed by atoms with Crippen molar-refractivity contribution in [1.29, 1.82) is 0 Å². The summed E-state index contributed by atoms with van der Waals surface area (Å²) in [5, 5.41) is 0. The van der Waals surface area contributed by atoms with Gasteiger partial charge in [0.1, 0.15) is 0 Å². The fourth-order valence-corrected chi connectivity index (χ4v) is 3.16. The van der Waals surface area contributed by atoms with Crippen LogP contribution in [0.2, 0.25) is 0 Å². The van der Waals surface area contributed by atoms with E-state index in [1.54, 1.807) is 0 Å². The lowest BCUT2D eigenvalue weighted by molar-refractivity contribution is -0.144. The molecule has 0 N–H and O–H groups in total. The molecule has 2 atom stereocenters. The fraction of sp³-hybridized carbons (Fsp3) is 0.950. The molecule has 23 heavy (non-hydrogen) atoms. The van der Waals surface area contributed by atoms with Gasteiger partial charge in [-0.3, -0.25) is 0 Å². The van der Waals surface area contributed by atoms with Crippen molar-refractivity contribution in [2.75, 3.05) is 6.61 Å². The molecule has 136 valence electrons. The summed E-state index contributed by atoms with van der Waals surface area (Å²) in [7, 11) is 0. The van der Waals surface area contributed by atoms with Crippen LogP contribution in [0.3, 0.4) is 0 Å². The second-order valence-electron chi connectivity index (χ2n) is 6.88. The minimum absolute atomic E-state index is 0.141. The van der Waals surface area contributed by atoms with Gasteiger partial charge in [0.15, 0.2) is 6.10 Å². The topological polar surface area (TPSA) is 38.8 Å². The second-order valence-corrected chi connectivity index (χ2v) is 6.88. The van der Waals surface area contributed by atoms with Crippen LogP contribution in [0.5, 0.6) is 0 Å². The molecule has 1 fully saturated rings. The van der Waals surface area contributed by atoms with E-state index in [2.05, 4.69) is 6.92 Å². The number of carbonyl (C=O) groups excluding carboxylic acids is 1. The quantitative estimate of drug-likeness (QED) is 0.204. The van der Waals surface area contributed by atoms with E-state index in [4.69, 9.17) is 9.47 Å². The van der Waals surface area contributed by atoms with Crippen LogP contribution in [0.1, 0.15) is 104 Å². The van der Waals surface area contributed by atoms with E-state index in [9.17, 15) is 4.79 Å². The average molecular weight is 327 g/mol. The van der Waals surface area contributed by atoms with Crippen LogP contribution >= 0.6 is 0 Å².